The molecule has 0 unspecified atom stereocenters. The highest BCUT2D eigenvalue weighted by Crippen LogP contribution is 2.18. The van der Waals surface area contributed by atoms with E-state index in [9.17, 15) is 0 Å². The Morgan fingerprint density at radius 3 is 3.06 bits per heavy atom. The number of allylic oxidation sites excluding steroid dienone is 1. The first-order valence-electron chi connectivity index (χ1n) is 6.75. The minimum Gasteiger partial charge on any atom is -0.373 e. The van der Waals surface area contributed by atoms with E-state index in [-0.39, 0.29) is 0 Å². The first-order chi connectivity index (χ1) is 8.79. The number of unbranched alkanes of at least 4 members (excludes halogenated alkanes) is 1. The van der Waals surface area contributed by atoms with Crippen molar-refractivity contribution in [1.29, 1.82) is 0 Å². The number of pyridine rings is 1. The molecular weight excluding hydrogens is 222 g/mol. The standard InChI is InChI=1S/C15H25N3/c1-4-6-7-11-18(3)15-13-17-10-8-14(15)12-16-9-5-2/h4,8,10,13,16H,1,5-7,9,11-12H2,2-3H3. The van der Waals surface area contributed by atoms with Gasteiger partial charge in [-0.05, 0) is 37.4 Å². The average molecular weight is 247 g/mol. The summed E-state index contributed by atoms with van der Waals surface area (Å²) < 4.78 is 0. The Bertz CT molecular complexity index is 349. The molecule has 3 heteroatoms. The van der Waals surface area contributed by atoms with Crippen LogP contribution in [-0.2, 0) is 6.54 Å². The van der Waals surface area contributed by atoms with Crippen molar-refractivity contribution in [3.8, 4) is 0 Å². The maximum atomic E-state index is 4.23. The quantitative estimate of drug-likeness (QED) is 0.537. The summed E-state index contributed by atoms with van der Waals surface area (Å²) in [5, 5.41) is 3.44. The fraction of sp³-hybridized carbons (Fsp3) is 0.533. The van der Waals surface area contributed by atoms with Crippen LogP contribution >= 0.6 is 0 Å². The Balaban J connectivity index is 2.59. The minimum absolute atomic E-state index is 0.914. The van der Waals surface area contributed by atoms with E-state index in [0.717, 1.165) is 38.9 Å². The number of nitrogens with zero attached hydrogens (tertiary/aromatic N) is 2. The molecule has 0 atom stereocenters. The third kappa shape index (κ3) is 4.88. The summed E-state index contributed by atoms with van der Waals surface area (Å²) >= 11 is 0. The topological polar surface area (TPSA) is 28.2 Å². The Kier molecular flexibility index (Phi) is 7.11. The summed E-state index contributed by atoms with van der Waals surface area (Å²) in [6.07, 6.45) is 9.15. The number of nitrogens with one attached hydrogen (secondary N) is 1. The third-order valence-corrected chi connectivity index (χ3v) is 2.94. The second-order valence-corrected chi connectivity index (χ2v) is 4.53. The molecule has 1 N–H and O–H groups in total. The summed E-state index contributed by atoms with van der Waals surface area (Å²) in [6.45, 7) is 8.95. The zero-order valence-corrected chi connectivity index (χ0v) is 11.7. The predicted molar refractivity (Wildman–Crippen MR) is 78.9 cm³/mol. The van der Waals surface area contributed by atoms with Crippen LogP contribution in [-0.4, -0.2) is 25.1 Å². The van der Waals surface area contributed by atoms with Crippen molar-refractivity contribution in [3.05, 3.63) is 36.7 Å². The molecule has 100 valence electrons. The molecule has 0 radical (unpaired) electrons. The van der Waals surface area contributed by atoms with Crippen molar-refractivity contribution in [2.75, 3.05) is 25.0 Å². The molecule has 1 aromatic heterocycles. The summed E-state index contributed by atoms with van der Waals surface area (Å²) in [5.41, 5.74) is 2.55. The molecule has 0 aromatic carbocycles. The Morgan fingerprint density at radius 1 is 1.50 bits per heavy atom. The van der Waals surface area contributed by atoms with Gasteiger partial charge in [-0.3, -0.25) is 4.98 Å². The van der Waals surface area contributed by atoms with Gasteiger partial charge in [0.05, 0.1) is 11.9 Å². The lowest BCUT2D eigenvalue weighted by Crippen LogP contribution is -2.22. The van der Waals surface area contributed by atoms with Gasteiger partial charge in [-0.1, -0.05) is 13.0 Å². The van der Waals surface area contributed by atoms with E-state index in [1.165, 1.54) is 11.3 Å². The Morgan fingerprint density at radius 2 is 2.33 bits per heavy atom. The smallest absolute Gasteiger partial charge is 0.0595 e. The van der Waals surface area contributed by atoms with E-state index in [2.05, 4.69) is 41.8 Å². The molecule has 0 aliphatic carbocycles. The van der Waals surface area contributed by atoms with Crippen molar-refractivity contribution < 1.29 is 0 Å². The second-order valence-electron chi connectivity index (χ2n) is 4.53. The summed E-state index contributed by atoms with van der Waals surface area (Å²) in [7, 11) is 2.13. The molecular formula is C15H25N3. The van der Waals surface area contributed by atoms with Gasteiger partial charge in [0, 0.05) is 26.3 Å². The van der Waals surface area contributed by atoms with E-state index in [1.807, 2.05) is 18.5 Å². The molecule has 0 aliphatic rings. The predicted octanol–water partition coefficient (Wildman–Crippen LogP) is 2.98. The monoisotopic (exact) mass is 247 g/mol. The van der Waals surface area contributed by atoms with E-state index >= 15 is 0 Å². The molecule has 0 saturated heterocycles. The van der Waals surface area contributed by atoms with Crippen LogP contribution in [0.3, 0.4) is 0 Å². The Hall–Kier alpha value is -1.35. The van der Waals surface area contributed by atoms with Crippen LogP contribution in [0.25, 0.3) is 0 Å². The van der Waals surface area contributed by atoms with Gasteiger partial charge in [0.1, 0.15) is 0 Å². The molecule has 0 bridgehead atoms. The van der Waals surface area contributed by atoms with Crippen molar-refractivity contribution in [2.24, 2.45) is 0 Å². The first-order valence-corrected chi connectivity index (χ1v) is 6.75. The third-order valence-electron chi connectivity index (χ3n) is 2.94. The van der Waals surface area contributed by atoms with Gasteiger partial charge in [0.25, 0.3) is 0 Å². The number of rotatable bonds is 9. The zero-order chi connectivity index (χ0) is 13.2. The van der Waals surface area contributed by atoms with Crippen molar-refractivity contribution in [1.82, 2.24) is 10.3 Å². The molecule has 0 fully saturated rings. The van der Waals surface area contributed by atoms with Crippen LogP contribution in [0.4, 0.5) is 5.69 Å². The average Bonchev–Trinajstić information content (AvgIpc) is 2.40. The molecule has 18 heavy (non-hydrogen) atoms. The van der Waals surface area contributed by atoms with Crippen LogP contribution < -0.4 is 10.2 Å². The number of hydrogen-bond acceptors (Lipinski definition) is 3. The van der Waals surface area contributed by atoms with E-state index in [0.29, 0.717) is 0 Å². The maximum absolute atomic E-state index is 4.23. The van der Waals surface area contributed by atoms with Crippen LogP contribution in [0.1, 0.15) is 31.7 Å². The lowest BCUT2D eigenvalue weighted by atomic mass is 10.2. The lowest BCUT2D eigenvalue weighted by molar-refractivity contribution is 0.672. The first kappa shape index (κ1) is 14.7. The van der Waals surface area contributed by atoms with Crippen molar-refractivity contribution in [2.45, 2.75) is 32.7 Å². The highest BCUT2D eigenvalue weighted by molar-refractivity contribution is 5.50. The van der Waals surface area contributed by atoms with Gasteiger partial charge < -0.3 is 10.2 Å². The van der Waals surface area contributed by atoms with Crippen LogP contribution in [0.15, 0.2) is 31.1 Å². The van der Waals surface area contributed by atoms with Crippen molar-refractivity contribution >= 4 is 5.69 Å². The molecule has 1 aromatic rings. The molecule has 1 heterocycles. The van der Waals surface area contributed by atoms with E-state index in [1.54, 1.807) is 0 Å². The normalized spacial score (nSPS) is 10.3. The van der Waals surface area contributed by atoms with Gasteiger partial charge in [0.15, 0.2) is 0 Å². The van der Waals surface area contributed by atoms with Gasteiger partial charge in [-0.15, -0.1) is 6.58 Å². The summed E-state index contributed by atoms with van der Waals surface area (Å²) in [5.74, 6) is 0. The molecule has 1 rings (SSSR count). The van der Waals surface area contributed by atoms with Gasteiger partial charge in [0.2, 0.25) is 0 Å². The second kappa shape index (κ2) is 8.70. The van der Waals surface area contributed by atoms with Gasteiger partial charge >= 0.3 is 0 Å². The number of anilines is 1. The fourth-order valence-electron chi connectivity index (χ4n) is 1.90. The Labute approximate surface area is 111 Å². The molecule has 0 aliphatic heterocycles. The zero-order valence-electron chi connectivity index (χ0n) is 11.7. The maximum Gasteiger partial charge on any atom is 0.0595 e. The van der Waals surface area contributed by atoms with Crippen LogP contribution in [0, 0.1) is 0 Å². The van der Waals surface area contributed by atoms with Crippen LogP contribution in [0.2, 0.25) is 0 Å². The highest BCUT2D eigenvalue weighted by Gasteiger charge is 2.06. The van der Waals surface area contributed by atoms with Crippen LogP contribution in [0.5, 0.6) is 0 Å². The molecule has 0 spiro atoms. The molecule has 3 nitrogen and oxygen atoms in total. The summed E-state index contributed by atoms with van der Waals surface area (Å²) in [6, 6.07) is 2.10. The largest absolute Gasteiger partial charge is 0.373 e. The van der Waals surface area contributed by atoms with E-state index < -0.39 is 0 Å². The lowest BCUT2D eigenvalue weighted by Gasteiger charge is -2.22. The number of hydrogen-bond donors (Lipinski definition) is 1. The van der Waals surface area contributed by atoms with E-state index in [4.69, 9.17) is 0 Å². The molecule has 0 amide bonds. The molecule has 0 saturated carbocycles. The summed E-state index contributed by atoms with van der Waals surface area (Å²) in [4.78, 5) is 6.51. The number of aromatic nitrogens is 1. The van der Waals surface area contributed by atoms with Gasteiger partial charge in [-0.2, -0.15) is 0 Å². The fourth-order valence-corrected chi connectivity index (χ4v) is 1.90. The highest BCUT2D eigenvalue weighted by atomic mass is 15.1. The SMILES string of the molecule is C=CCCCN(C)c1cnccc1CNCCC. The van der Waals surface area contributed by atoms with Gasteiger partial charge in [-0.25, -0.2) is 0 Å². The van der Waals surface area contributed by atoms with Crippen molar-refractivity contribution in [3.63, 3.8) is 0 Å². The minimum atomic E-state index is 0.914.